The fourth-order valence-corrected chi connectivity index (χ4v) is 6.52. The summed E-state index contributed by atoms with van der Waals surface area (Å²) in [6.45, 7) is 8.00. The van der Waals surface area contributed by atoms with Crippen LogP contribution < -0.4 is 5.32 Å². The molecule has 1 N–H and O–H groups in total. The van der Waals surface area contributed by atoms with Crippen molar-refractivity contribution in [1.82, 2.24) is 20.0 Å². The van der Waals surface area contributed by atoms with Crippen LogP contribution in [0, 0.1) is 23.1 Å². The highest BCUT2D eigenvalue weighted by Crippen LogP contribution is 2.48. The lowest BCUT2D eigenvalue weighted by Gasteiger charge is -2.40. The Balaban J connectivity index is 1.32. The van der Waals surface area contributed by atoms with Gasteiger partial charge in [0.05, 0.1) is 18.2 Å². The zero-order chi connectivity index (χ0) is 27.4. The van der Waals surface area contributed by atoms with Crippen molar-refractivity contribution in [3.8, 4) is 6.07 Å². The predicted octanol–water partition coefficient (Wildman–Crippen LogP) is 2.97. The Morgan fingerprint density at radius 3 is 2.53 bits per heavy atom. The molecule has 4 fully saturated rings. The molecule has 3 amide bonds. The molecule has 3 aliphatic heterocycles. The number of hydrogen-bond acceptors (Lipinski definition) is 6. The second-order valence-electron chi connectivity index (χ2n) is 12.0. The van der Waals surface area contributed by atoms with E-state index >= 15 is 0 Å². The van der Waals surface area contributed by atoms with Gasteiger partial charge in [-0.2, -0.15) is 5.26 Å². The van der Waals surface area contributed by atoms with E-state index in [1.54, 1.807) is 37.8 Å². The van der Waals surface area contributed by atoms with Crippen LogP contribution in [0.15, 0.2) is 24.3 Å². The summed E-state index contributed by atoms with van der Waals surface area (Å²) < 4.78 is 18.9. The van der Waals surface area contributed by atoms with Crippen molar-refractivity contribution in [3.63, 3.8) is 0 Å². The Hall–Kier alpha value is -3.19. The number of benzene rings is 1. The summed E-state index contributed by atoms with van der Waals surface area (Å²) in [6, 6.07) is 6.56. The number of nitrogens with one attached hydrogen (secondary N) is 1. The SMILES string of the molecule is CC[C@@H](c1ccc(F)cc1)N1C(=O)C2C[C@H]1CN2CC(NC(=O)OC(C)(C)C)C(=O)N1C(C#N)C[C@@H]2C[C@@H]21. The molecule has 9 nitrogen and oxygen atoms in total. The van der Waals surface area contributed by atoms with Crippen LogP contribution in [0.1, 0.15) is 65.0 Å². The smallest absolute Gasteiger partial charge is 0.408 e. The number of carbonyl (C=O) groups is 3. The first-order valence-corrected chi connectivity index (χ1v) is 13.5. The maximum atomic E-state index is 13.7. The van der Waals surface area contributed by atoms with E-state index in [0.29, 0.717) is 31.7 Å². The Bertz CT molecular complexity index is 1150. The number of likely N-dealkylation sites (tertiary alicyclic amines) is 3. The van der Waals surface area contributed by atoms with Crippen molar-refractivity contribution >= 4 is 17.9 Å². The van der Waals surface area contributed by atoms with Gasteiger partial charge in [0, 0.05) is 25.2 Å². The van der Waals surface area contributed by atoms with E-state index in [1.165, 1.54) is 12.1 Å². The van der Waals surface area contributed by atoms with Crippen LogP contribution >= 0.6 is 0 Å². The molecule has 4 aliphatic rings. The fraction of sp³-hybridized carbons (Fsp3) is 0.643. The van der Waals surface area contributed by atoms with Gasteiger partial charge >= 0.3 is 6.09 Å². The third kappa shape index (κ3) is 4.96. The number of piperazine rings is 1. The third-order valence-electron chi connectivity index (χ3n) is 8.21. The lowest BCUT2D eigenvalue weighted by Crippen LogP contribution is -2.59. The number of nitrogens with zero attached hydrogens (tertiary/aromatic N) is 4. The van der Waals surface area contributed by atoms with Gasteiger partial charge in [-0.15, -0.1) is 0 Å². The summed E-state index contributed by atoms with van der Waals surface area (Å²) in [5.41, 5.74) is 0.164. The molecule has 5 rings (SSSR count). The number of amides is 3. The number of piperidine rings is 1. The highest BCUT2D eigenvalue weighted by molar-refractivity contribution is 5.89. The molecule has 0 spiro atoms. The van der Waals surface area contributed by atoms with Crippen LogP contribution in [0.3, 0.4) is 0 Å². The normalized spacial score (nSPS) is 29.6. The molecule has 2 bridgehead atoms. The summed E-state index contributed by atoms with van der Waals surface area (Å²) in [7, 11) is 0. The van der Waals surface area contributed by atoms with Gasteiger partial charge in [-0.3, -0.25) is 14.5 Å². The van der Waals surface area contributed by atoms with Gasteiger partial charge in [0.2, 0.25) is 11.8 Å². The highest BCUT2D eigenvalue weighted by Gasteiger charge is 2.56. The minimum Gasteiger partial charge on any atom is -0.444 e. The van der Waals surface area contributed by atoms with Crippen LogP contribution in [0.25, 0.3) is 0 Å². The minimum absolute atomic E-state index is 0.0146. The molecular weight excluding hydrogens is 489 g/mol. The molecule has 38 heavy (non-hydrogen) atoms. The largest absolute Gasteiger partial charge is 0.444 e. The summed E-state index contributed by atoms with van der Waals surface area (Å²) in [5, 5.41) is 12.4. The highest BCUT2D eigenvalue weighted by atomic mass is 19.1. The number of hydrogen-bond donors (Lipinski definition) is 1. The number of halogens is 1. The van der Waals surface area contributed by atoms with Crippen LogP contribution in [0.4, 0.5) is 9.18 Å². The molecule has 1 aromatic rings. The van der Waals surface area contributed by atoms with E-state index in [-0.39, 0.29) is 42.3 Å². The van der Waals surface area contributed by atoms with Crippen molar-refractivity contribution in [3.05, 3.63) is 35.6 Å². The van der Waals surface area contributed by atoms with Crippen LogP contribution in [-0.2, 0) is 14.3 Å². The number of carbonyl (C=O) groups excluding carboxylic acids is 3. The Kier molecular flexibility index (Phi) is 6.84. The van der Waals surface area contributed by atoms with Crippen molar-refractivity contribution < 1.29 is 23.5 Å². The van der Waals surface area contributed by atoms with Crippen molar-refractivity contribution in [1.29, 1.82) is 5.26 Å². The average Bonchev–Trinajstić information content (AvgIpc) is 3.17. The fourth-order valence-electron chi connectivity index (χ4n) is 6.52. The quantitative estimate of drug-likeness (QED) is 0.587. The standard InChI is InChI=1S/C28H36FN5O4/c1-5-22(16-6-8-18(29)9-7-16)34-20-12-24(26(34)36)32(14-20)15-21(31-27(37)38-28(2,3)4)25(35)33-19(13-30)10-17-11-23(17)33/h6-9,17,19-24H,5,10-12,14-15H2,1-4H3,(H,31,37)/t17-,19?,20+,21?,22+,23+,24?/m1/s1. The molecule has 1 saturated carbocycles. The number of rotatable bonds is 7. The summed E-state index contributed by atoms with van der Waals surface area (Å²) in [5.74, 6) is -0.274. The van der Waals surface area contributed by atoms with Crippen LogP contribution in [-0.4, -0.2) is 81.5 Å². The molecule has 10 heteroatoms. The second-order valence-corrected chi connectivity index (χ2v) is 12.0. The first kappa shape index (κ1) is 26.4. The maximum absolute atomic E-state index is 13.7. The van der Waals surface area contributed by atoms with Gasteiger partial charge in [0.25, 0.3) is 0 Å². The minimum atomic E-state index is -0.931. The first-order chi connectivity index (χ1) is 18.0. The summed E-state index contributed by atoms with van der Waals surface area (Å²) in [6.07, 6.45) is 2.19. The third-order valence-corrected chi connectivity index (χ3v) is 8.21. The Morgan fingerprint density at radius 1 is 1.21 bits per heavy atom. The number of ether oxygens (including phenoxy) is 1. The van der Waals surface area contributed by atoms with E-state index < -0.39 is 29.8 Å². The average molecular weight is 526 g/mol. The van der Waals surface area contributed by atoms with Gasteiger partial charge in [0.15, 0.2) is 0 Å². The van der Waals surface area contributed by atoms with E-state index in [1.807, 2.05) is 16.7 Å². The number of nitriles is 1. The maximum Gasteiger partial charge on any atom is 0.408 e. The molecule has 3 heterocycles. The van der Waals surface area contributed by atoms with Crippen LogP contribution in [0.2, 0.25) is 0 Å². The summed E-state index contributed by atoms with van der Waals surface area (Å²) in [4.78, 5) is 45.5. The topological polar surface area (TPSA) is 106 Å². The molecule has 1 aromatic carbocycles. The van der Waals surface area contributed by atoms with E-state index in [9.17, 15) is 24.0 Å². The summed E-state index contributed by atoms with van der Waals surface area (Å²) >= 11 is 0. The number of alkyl carbamates (subject to hydrolysis) is 1. The Labute approximate surface area is 222 Å². The molecule has 0 radical (unpaired) electrons. The predicted molar refractivity (Wildman–Crippen MR) is 136 cm³/mol. The Morgan fingerprint density at radius 2 is 1.92 bits per heavy atom. The number of fused-ring (bicyclic) bond motifs is 3. The molecule has 7 atom stereocenters. The molecule has 0 aromatic heterocycles. The monoisotopic (exact) mass is 525 g/mol. The van der Waals surface area contributed by atoms with E-state index in [2.05, 4.69) is 11.4 Å². The molecular formula is C28H36FN5O4. The van der Waals surface area contributed by atoms with Crippen molar-refractivity contribution in [2.45, 2.75) is 95.2 Å². The van der Waals surface area contributed by atoms with Crippen molar-refractivity contribution in [2.24, 2.45) is 5.92 Å². The lowest BCUT2D eigenvalue weighted by atomic mass is 10.0. The van der Waals surface area contributed by atoms with Gasteiger partial charge < -0.3 is 19.9 Å². The molecule has 3 unspecified atom stereocenters. The second kappa shape index (κ2) is 9.84. The van der Waals surface area contributed by atoms with E-state index in [0.717, 1.165) is 12.0 Å². The van der Waals surface area contributed by atoms with Crippen molar-refractivity contribution in [2.75, 3.05) is 13.1 Å². The zero-order valence-corrected chi connectivity index (χ0v) is 22.4. The van der Waals surface area contributed by atoms with Gasteiger partial charge in [-0.1, -0.05) is 19.1 Å². The molecule has 1 aliphatic carbocycles. The van der Waals surface area contributed by atoms with Gasteiger partial charge in [-0.05, 0) is 70.1 Å². The van der Waals surface area contributed by atoms with E-state index in [4.69, 9.17) is 4.74 Å². The van der Waals surface area contributed by atoms with Crippen LogP contribution in [0.5, 0.6) is 0 Å². The van der Waals surface area contributed by atoms with Gasteiger partial charge in [-0.25, -0.2) is 9.18 Å². The van der Waals surface area contributed by atoms with Gasteiger partial charge in [0.1, 0.15) is 23.5 Å². The zero-order valence-electron chi connectivity index (χ0n) is 22.4. The first-order valence-electron chi connectivity index (χ1n) is 13.5. The molecule has 3 saturated heterocycles. The lowest BCUT2D eigenvalue weighted by molar-refractivity contribution is -0.142. The molecule has 204 valence electrons.